The summed E-state index contributed by atoms with van der Waals surface area (Å²) in [6.07, 6.45) is -3.88. The van der Waals surface area contributed by atoms with Crippen LogP contribution in [0.25, 0.3) is 16.6 Å². The number of benzene rings is 2. The smallest absolute Gasteiger partial charge is 0.416 e. The lowest BCUT2D eigenvalue weighted by molar-refractivity contribution is -0.137. The summed E-state index contributed by atoms with van der Waals surface area (Å²) < 4.78 is 73.0. The molecule has 10 heteroatoms. The van der Waals surface area contributed by atoms with Crippen LogP contribution < -0.4 is 10.2 Å². The van der Waals surface area contributed by atoms with Crippen molar-refractivity contribution in [2.45, 2.75) is 6.18 Å². The average Bonchev–Trinajstić information content (AvgIpc) is 2.59. The van der Waals surface area contributed by atoms with Crippen LogP contribution in [-0.2, 0) is 6.18 Å². The molecule has 4 rings (SSSR count). The Hall–Kier alpha value is -3.43. The number of nitrogens with zero attached hydrogens (tertiary/aromatic N) is 1. The second-order valence-corrected chi connectivity index (χ2v) is 5.73. The number of rotatable bonds is 1. The number of fused-ring (bicyclic) bond motifs is 2. The first kappa shape index (κ1) is 17.0. The maximum atomic E-state index is 14.2. The van der Waals surface area contributed by atoms with Crippen LogP contribution in [0, 0.1) is 11.6 Å². The lowest BCUT2D eigenvalue weighted by atomic mass is 10.1. The quantitative estimate of drug-likeness (QED) is 0.503. The molecule has 138 valence electrons. The minimum absolute atomic E-state index is 0.0611. The highest BCUT2D eigenvalue weighted by molar-refractivity contribution is 5.96. The fraction of sp³-hybridized carbons (Fsp3) is 0.0588. The van der Waals surface area contributed by atoms with Crippen molar-refractivity contribution in [3.63, 3.8) is 0 Å². The van der Waals surface area contributed by atoms with Crippen LogP contribution in [0.15, 0.2) is 35.3 Å². The maximum Gasteiger partial charge on any atom is 0.416 e. The van der Waals surface area contributed by atoms with E-state index in [1.54, 1.807) is 0 Å². The third-order valence-corrected chi connectivity index (χ3v) is 4.13. The first-order valence-electron chi connectivity index (χ1n) is 7.29. The zero-order chi connectivity index (χ0) is 19.7. The molecule has 0 bridgehead atoms. The van der Waals surface area contributed by atoms with E-state index in [-0.39, 0.29) is 11.2 Å². The van der Waals surface area contributed by atoms with Crippen molar-refractivity contribution >= 4 is 16.9 Å². The summed E-state index contributed by atoms with van der Waals surface area (Å²) in [6.45, 7) is 0. The van der Waals surface area contributed by atoms with E-state index in [9.17, 15) is 36.6 Å². The summed E-state index contributed by atoms with van der Waals surface area (Å²) in [5.74, 6) is -5.91. The Labute approximate surface area is 145 Å². The van der Waals surface area contributed by atoms with Gasteiger partial charge in [-0.25, -0.2) is 9.18 Å². The Morgan fingerprint density at radius 3 is 2.48 bits per heavy atom. The van der Waals surface area contributed by atoms with Gasteiger partial charge in [0.2, 0.25) is 11.2 Å². The van der Waals surface area contributed by atoms with Crippen LogP contribution in [0.5, 0.6) is 11.5 Å². The summed E-state index contributed by atoms with van der Waals surface area (Å²) in [5, 5.41) is 8.72. The van der Waals surface area contributed by atoms with Gasteiger partial charge >= 0.3 is 12.1 Å². The van der Waals surface area contributed by atoms with Crippen LogP contribution in [0.4, 0.5) is 22.0 Å². The van der Waals surface area contributed by atoms with E-state index in [0.717, 1.165) is 22.9 Å². The highest BCUT2D eigenvalue weighted by Crippen LogP contribution is 2.44. The number of carbonyl (C=O) groups is 1. The van der Waals surface area contributed by atoms with Gasteiger partial charge in [0.1, 0.15) is 11.1 Å². The monoisotopic (exact) mass is 383 g/mol. The molecule has 3 aromatic rings. The molecule has 0 radical (unpaired) electrons. The fourth-order valence-corrected chi connectivity index (χ4v) is 2.92. The topological polar surface area (TPSA) is 68.5 Å². The molecule has 1 N–H and O–H groups in total. The van der Waals surface area contributed by atoms with Gasteiger partial charge in [-0.2, -0.15) is 17.6 Å². The summed E-state index contributed by atoms with van der Waals surface area (Å²) in [4.78, 5) is 23.6. The van der Waals surface area contributed by atoms with Crippen LogP contribution in [0.1, 0.15) is 15.9 Å². The number of ether oxygens (including phenoxy) is 1. The number of aromatic carboxylic acids is 1. The van der Waals surface area contributed by atoms with Gasteiger partial charge in [0, 0.05) is 6.20 Å². The van der Waals surface area contributed by atoms with Crippen molar-refractivity contribution in [3.8, 4) is 17.2 Å². The van der Waals surface area contributed by atoms with Gasteiger partial charge in [0.25, 0.3) is 0 Å². The van der Waals surface area contributed by atoms with Gasteiger partial charge in [-0.1, -0.05) is 0 Å². The average molecular weight is 383 g/mol. The molecule has 0 atom stereocenters. The predicted molar refractivity (Wildman–Crippen MR) is 81.5 cm³/mol. The molecule has 0 fully saturated rings. The van der Waals surface area contributed by atoms with Gasteiger partial charge in [-0.15, -0.1) is 0 Å². The van der Waals surface area contributed by atoms with E-state index in [0.29, 0.717) is 12.1 Å². The zero-order valence-corrected chi connectivity index (χ0v) is 12.9. The maximum absolute atomic E-state index is 14.2. The van der Waals surface area contributed by atoms with Crippen LogP contribution in [0.3, 0.4) is 0 Å². The lowest BCUT2D eigenvalue weighted by Gasteiger charge is -2.24. The molecule has 0 unspecified atom stereocenters. The number of hydrogen-bond donors (Lipinski definition) is 1. The van der Waals surface area contributed by atoms with E-state index in [1.807, 2.05) is 0 Å². The largest absolute Gasteiger partial charge is 0.477 e. The molecule has 27 heavy (non-hydrogen) atoms. The molecule has 5 nitrogen and oxygen atoms in total. The van der Waals surface area contributed by atoms with Crippen LogP contribution in [0.2, 0.25) is 0 Å². The highest BCUT2D eigenvalue weighted by atomic mass is 19.4. The van der Waals surface area contributed by atoms with E-state index >= 15 is 0 Å². The molecular formula is C17H6F5NO4. The van der Waals surface area contributed by atoms with E-state index in [4.69, 9.17) is 4.74 Å². The third-order valence-electron chi connectivity index (χ3n) is 4.13. The second kappa shape index (κ2) is 5.29. The molecule has 1 aromatic heterocycles. The van der Waals surface area contributed by atoms with Gasteiger partial charge < -0.3 is 14.4 Å². The van der Waals surface area contributed by atoms with Crippen molar-refractivity contribution in [2.75, 3.05) is 0 Å². The standard InChI is InChI=1S/C17H6F5NO4/c18-9-4-7-13-15(12(9)19)27-11-3-6(17(20,21)22)1-2-10(11)23(13)5-8(14(7)24)16(25)26/h1-5H,(H,25,26). The second-order valence-electron chi connectivity index (χ2n) is 5.73. The number of carboxylic acid groups (broad SMARTS) is 1. The van der Waals surface area contributed by atoms with E-state index in [1.165, 1.54) is 0 Å². The van der Waals surface area contributed by atoms with E-state index in [2.05, 4.69) is 0 Å². The summed E-state index contributed by atoms with van der Waals surface area (Å²) in [5.41, 5.74) is -3.28. The van der Waals surface area contributed by atoms with Gasteiger partial charge in [-0.05, 0) is 24.3 Å². The number of halogens is 5. The molecule has 0 aliphatic carbocycles. The normalized spacial score (nSPS) is 12.6. The minimum Gasteiger partial charge on any atom is -0.477 e. The van der Waals surface area contributed by atoms with E-state index < -0.39 is 57.2 Å². The number of carboxylic acids is 1. The first-order valence-corrected chi connectivity index (χ1v) is 7.29. The Bertz CT molecular complexity index is 1210. The summed E-state index contributed by atoms with van der Waals surface area (Å²) in [7, 11) is 0. The van der Waals surface area contributed by atoms with Crippen molar-refractivity contribution in [3.05, 3.63) is 63.4 Å². The highest BCUT2D eigenvalue weighted by Gasteiger charge is 2.34. The number of pyridine rings is 1. The molecule has 1 aliphatic rings. The molecule has 2 aromatic carbocycles. The molecule has 0 saturated heterocycles. The Kier molecular flexibility index (Phi) is 3.33. The van der Waals surface area contributed by atoms with Crippen molar-refractivity contribution < 1.29 is 36.6 Å². The Morgan fingerprint density at radius 2 is 1.85 bits per heavy atom. The fourth-order valence-electron chi connectivity index (χ4n) is 2.92. The Balaban J connectivity index is 2.16. The molecule has 0 amide bonds. The molecule has 2 heterocycles. The zero-order valence-electron chi connectivity index (χ0n) is 12.9. The predicted octanol–water partition coefficient (Wildman–Crippen LogP) is 4.09. The van der Waals surface area contributed by atoms with Crippen LogP contribution >= 0.6 is 0 Å². The third kappa shape index (κ3) is 2.36. The van der Waals surface area contributed by atoms with Crippen molar-refractivity contribution in [1.82, 2.24) is 4.57 Å². The lowest BCUT2D eigenvalue weighted by Crippen LogP contribution is -2.21. The molecule has 0 spiro atoms. The number of alkyl halides is 3. The Morgan fingerprint density at radius 1 is 1.15 bits per heavy atom. The minimum atomic E-state index is -4.72. The SMILES string of the molecule is O=C(O)c1cn2c3c(c(F)c(F)cc3c1=O)Oc1cc(C(F)(F)F)ccc1-2. The summed E-state index contributed by atoms with van der Waals surface area (Å²) in [6, 6.07) is 2.81. The van der Waals surface area contributed by atoms with Gasteiger partial charge in [0.05, 0.1) is 16.6 Å². The molecular weight excluding hydrogens is 377 g/mol. The van der Waals surface area contributed by atoms with Crippen molar-refractivity contribution in [2.24, 2.45) is 0 Å². The van der Waals surface area contributed by atoms with Crippen LogP contribution in [-0.4, -0.2) is 15.6 Å². The van der Waals surface area contributed by atoms with Crippen molar-refractivity contribution in [1.29, 1.82) is 0 Å². The summed E-state index contributed by atoms with van der Waals surface area (Å²) >= 11 is 0. The molecule has 1 aliphatic heterocycles. The molecule has 0 saturated carbocycles. The number of aromatic nitrogens is 1. The van der Waals surface area contributed by atoms with Gasteiger partial charge in [0.15, 0.2) is 17.3 Å². The number of hydrogen-bond acceptors (Lipinski definition) is 3. The first-order chi connectivity index (χ1) is 12.6. The van der Waals surface area contributed by atoms with Gasteiger partial charge in [-0.3, -0.25) is 4.79 Å².